The highest BCUT2D eigenvalue weighted by Gasteiger charge is 2.54. The van der Waals surface area contributed by atoms with Crippen LogP contribution in [0.5, 0.6) is 0 Å². The lowest BCUT2D eigenvalue weighted by molar-refractivity contribution is -0.139. The van der Waals surface area contributed by atoms with Gasteiger partial charge in [-0.2, -0.15) is 0 Å². The van der Waals surface area contributed by atoms with Crippen LogP contribution in [-0.4, -0.2) is 76.8 Å². The van der Waals surface area contributed by atoms with Crippen molar-refractivity contribution in [2.45, 2.75) is 63.5 Å². The van der Waals surface area contributed by atoms with Gasteiger partial charge >= 0.3 is 6.03 Å². The van der Waals surface area contributed by atoms with E-state index >= 15 is 0 Å². The number of aryl methyl sites for hydroxylation is 1. The molecule has 0 aliphatic carbocycles. The van der Waals surface area contributed by atoms with Crippen LogP contribution in [0, 0.1) is 0 Å². The zero-order valence-corrected chi connectivity index (χ0v) is 18.5. The van der Waals surface area contributed by atoms with Crippen molar-refractivity contribution in [2.75, 3.05) is 32.7 Å². The number of hydrogen-bond donors (Lipinski definition) is 1. The first kappa shape index (κ1) is 21.8. The Morgan fingerprint density at radius 1 is 1.13 bits per heavy atom. The normalized spacial score (nSPS) is 24.0. The third-order valence-electron chi connectivity index (χ3n) is 7.03. The fourth-order valence-electron chi connectivity index (χ4n) is 5.23. The molecule has 4 rings (SSSR count). The van der Waals surface area contributed by atoms with Crippen molar-refractivity contribution in [3.63, 3.8) is 0 Å². The Kier molecular flexibility index (Phi) is 6.60. The van der Waals surface area contributed by atoms with Crippen LogP contribution < -0.4 is 5.32 Å². The maximum atomic E-state index is 13.4. The predicted molar refractivity (Wildman–Crippen MR) is 118 cm³/mol. The molecular formula is C24H34N4O3. The van der Waals surface area contributed by atoms with Crippen molar-refractivity contribution in [1.82, 2.24) is 20.0 Å². The number of nitrogens with zero attached hydrogens (tertiary/aromatic N) is 3. The second kappa shape index (κ2) is 9.39. The average Bonchev–Trinajstić information content (AvgIpc) is 3.03. The van der Waals surface area contributed by atoms with E-state index in [0.29, 0.717) is 38.8 Å². The third kappa shape index (κ3) is 4.61. The maximum Gasteiger partial charge on any atom is 0.325 e. The summed E-state index contributed by atoms with van der Waals surface area (Å²) < 4.78 is 0. The van der Waals surface area contributed by atoms with E-state index in [2.05, 4.69) is 17.1 Å². The monoisotopic (exact) mass is 426 g/mol. The molecule has 1 aromatic carbocycles. The molecule has 168 valence electrons. The van der Waals surface area contributed by atoms with E-state index in [1.54, 1.807) is 0 Å². The van der Waals surface area contributed by atoms with Crippen LogP contribution in [-0.2, 0) is 16.0 Å². The van der Waals surface area contributed by atoms with E-state index in [4.69, 9.17) is 0 Å². The Morgan fingerprint density at radius 3 is 2.58 bits per heavy atom. The van der Waals surface area contributed by atoms with Crippen molar-refractivity contribution < 1.29 is 14.4 Å². The van der Waals surface area contributed by atoms with Gasteiger partial charge in [-0.05, 0) is 50.6 Å². The molecule has 1 aromatic rings. The summed E-state index contributed by atoms with van der Waals surface area (Å²) in [6.45, 7) is 6.01. The van der Waals surface area contributed by atoms with Crippen LogP contribution >= 0.6 is 0 Å². The lowest BCUT2D eigenvalue weighted by Crippen LogP contribution is -2.56. The number of likely N-dealkylation sites (tertiary alicyclic amines) is 2. The number of hydrogen-bond acceptors (Lipinski definition) is 4. The lowest BCUT2D eigenvalue weighted by Gasteiger charge is -2.39. The van der Waals surface area contributed by atoms with Crippen molar-refractivity contribution in [3.8, 4) is 0 Å². The molecule has 0 unspecified atom stereocenters. The van der Waals surface area contributed by atoms with E-state index in [0.717, 1.165) is 44.5 Å². The van der Waals surface area contributed by atoms with E-state index < -0.39 is 5.54 Å². The van der Waals surface area contributed by atoms with E-state index in [1.165, 1.54) is 4.90 Å². The number of carbonyl (C=O) groups is 3. The summed E-state index contributed by atoms with van der Waals surface area (Å²) in [5, 5.41) is 3.03. The van der Waals surface area contributed by atoms with Gasteiger partial charge in [0, 0.05) is 32.6 Å². The molecule has 3 aliphatic rings. The second-order valence-corrected chi connectivity index (χ2v) is 9.15. The third-order valence-corrected chi connectivity index (χ3v) is 7.03. The number of rotatable bonds is 6. The number of benzene rings is 1. The molecule has 3 saturated heterocycles. The smallest absolute Gasteiger partial charge is 0.325 e. The van der Waals surface area contributed by atoms with Gasteiger partial charge in [-0.25, -0.2) is 4.79 Å². The van der Waals surface area contributed by atoms with Gasteiger partial charge in [0.25, 0.3) is 5.91 Å². The molecular weight excluding hydrogens is 392 g/mol. The first-order valence-corrected chi connectivity index (χ1v) is 11.7. The molecule has 0 saturated carbocycles. The Balaban J connectivity index is 1.36. The van der Waals surface area contributed by atoms with Gasteiger partial charge in [0.05, 0.1) is 6.04 Å². The summed E-state index contributed by atoms with van der Waals surface area (Å²) in [6, 6.07) is 9.50. The van der Waals surface area contributed by atoms with Crippen LogP contribution in [0.2, 0.25) is 0 Å². The zero-order valence-electron chi connectivity index (χ0n) is 18.5. The molecule has 1 spiro atoms. The highest BCUT2D eigenvalue weighted by molar-refractivity contribution is 6.07. The summed E-state index contributed by atoms with van der Waals surface area (Å²) in [6.07, 6.45) is 5.17. The van der Waals surface area contributed by atoms with Crippen molar-refractivity contribution in [2.24, 2.45) is 0 Å². The first-order valence-electron chi connectivity index (χ1n) is 11.7. The largest absolute Gasteiger partial charge is 0.341 e. The second-order valence-electron chi connectivity index (χ2n) is 9.15. The van der Waals surface area contributed by atoms with E-state index in [-0.39, 0.29) is 23.9 Å². The van der Waals surface area contributed by atoms with Gasteiger partial charge in [0.1, 0.15) is 5.54 Å². The molecule has 4 amide bonds. The number of urea groups is 1. The molecule has 3 fully saturated rings. The lowest BCUT2D eigenvalue weighted by atomic mass is 9.87. The summed E-state index contributed by atoms with van der Waals surface area (Å²) in [5.41, 5.74) is 0.399. The molecule has 7 nitrogen and oxygen atoms in total. The Bertz CT molecular complexity index is 804. The summed E-state index contributed by atoms with van der Waals surface area (Å²) in [4.78, 5) is 44.6. The number of nitrogens with one attached hydrogen (secondary N) is 1. The predicted octanol–water partition coefficient (Wildman–Crippen LogP) is 2.41. The van der Waals surface area contributed by atoms with Crippen molar-refractivity contribution >= 4 is 17.8 Å². The molecule has 31 heavy (non-hydrogen) atoms. The van der Waals surface area contributed by atoms with Crippen LogP contribution in [0.25, 0.3) is 0 Å². The van der Waals surface area contributed by atoms with Gasteiger partial charge in [-0.15, -0.1) is 0 Å². The van der Waals surface area contributed by atoms with Crippen LogP contribution in [0.4, 0.5) is 4.79 Å². The Morgan fingerprint density at radius 2 is 1.87 bits per heavy atom. The first-order chi connectivity index (χ1) is 15.0. The molecule has 3 heterocycles. The van der Waals surface area contributed by atoms with Gasteiger partial charge < -0.3 is 15.1 Å². The minimum atomic E-state index is -0.749. The minimum Gasteiger partial charge on any atom is -0.341 e. The quantitative estimate of drug-likeness (QED) is 0.709. The number of imide groups is 1. The molecule has 0 bridgehead atoms. The van der Waals surface area contributed by atoms with Crippen LogP contribution in [0.1, 0.15) is 51.0 Å². The van der Waals surface area contributed by atoms with Crippen LogP contribution in [0.15, 0.2) is 30.3 Å². The van der Waals surface area contributed by atoms with E-state index in [9.17, 15) is 14.4 Å². The summed E-state index contributed by atoms with van der Waals surface area (Å²) in [7, 11) is 0. The van der Waals surface area contributed by atoms with Gasteiger partial charge in [-0.3, -0.25) is 14.5 Å². The fourth-order valence-corrected chi connectivity index (χ4v) is 5.23. The highest BCUT2D eigenvalue weighted by atomic mass is 16.2. The van der Waals surface area contributed by atoms with Gasteiger partial charge in [0.15, 0.2) is 0 Å². The summed E-state index contributed by atoms with van der Waals surface area (Å²) >= 11 is 0. The number of carbonyl (C=O) groups excluding carboxylic acids is 3. The van der Waals surface area contributed by atoms with Gasteiger partial charge in [0.2, 0.25) is 5.91 Å². The standard InChI is InChI=1S/C24H34N4O3/c1-2-14-26-16-12-24(13-17-26)22(30)28(23(31)25-24)20-9-6-15-27(18-20)21(29)11-10-19-7-4-3-5-8-19/h3-5,7-8,20H,2,6,9-18H2,1H3,(H,25,31)/t20-/m1/s1. The maximum absolute atomic E-state index is 13.4. The SMILES string of the molecule is CCCN1CCC2(CC1)NC(=O)N([C@@H]1CCCN(C(=O)CCc3ccccc3)C1)C2=O. The Labute approximate surface area is 184 Å². The topological polar surface area (TPSA) is 73.0 Å². The average molecular weight is 427 g/mol. The molecule has 3 aliphatic heterocycles. The number of piperidine rings is 2. The summed E-state index contributed by atoms with van der Waals surface area (Å²) in [5.74, 6) is 0.0143. The highest BCUT2D eigenvalue weighted by Crippen LogP contribution is 2.32. The van der Waals surface area contributed by atoms with Gasteiger partial charge in [-0.1, -0.05) is 37.3 Å². The molecule has 1 N–H and O–H groups in total. The molecule has 0 aromatic heterocycles. The van der Waals surface area contributed by atoms with Crippen molar-refractivity contribution in [3.05, 3.63) is 35.9 Å². The molecule has 0 radical (unpaired) electrons. The van der Waals surface area contributed by atoms with Crippen LogP contribution in [0.3, 0.4) is 0 Å². The minimum absolute atomic E-state index is 0.0859. The zero-order chi connectivity index (χ0) is 21.8. The van der Waals surface area contributed by atoms with Crippen molar-refractivity contribution in [1.29, 1.82) is 0 Å². The molecule has 1 atom stereocenters. The fraction of sp³-hybridized carbons (Fsp3) is 0.625. The molecule has 7 heteroatoms. The number of amides is 4. The Hall–Kier alpha value is -2.41. The van der Waals surface area contributed by atoms with E-state index in [1.807, 2.05) is 35.2 Å².